The second-order valence-electron chi connectivity index (χ2n) is 7.52. The van der Waals surface area contributed by atoms with E-state index in [4.69, 9.17) is 0 Å². The molecule has 3 aliphatic rings. The summed E-state index contributed by atoms with van der Waals surface area (Å²) in [5.74, 6) is 0.316. The van der Waals surface area contributed by atoms with Crippen molar-refractivity contribution in [2.75, 3.05) is 13.6 Å². The summed E-state index contributed by atoms with van der Waals surface area (Å²) in [6.45, 7) is 3.91. The van der Waals surface area contributed by atoms with Crippen LogP contribution < -0.4 is 5.32 Å². The van der Waals surface area contributed by atoms with Gasteiger partial charge < -0.3 is 10.2 Å². The average Bonchev–Trinajstić information content (AvgIpc) is 3.34. The van der Waals surface area contributed by atoms with Crippen LogP contribution in [0.1, 0.15) is 52.4 Å². The molecule has 23 heavy (non-hydrogen) atoms. The van der Waals surface area contributed by atoms with Crippen molar-refractivity contribution in [3.05, 3.63) is 0 Å². The summed E-state index contributed by atoms with van der Waals surface area (Å²) in [4.78, 5) is 40.4. The third-order valence-corrected chi connectivity index (χ3v) is 6.10. The van der Waals surface area contributed by atoms with E-state index in [1.165, 1.54) is 0 Å². The van der Waals surface area contributed by atoms with Gasteiger partial charge in [-0.15, -0.1) is 0 Å². The first-order chi connectivity index (χ1) is 10.9. The smallest absolute Gasteiger partial charge is 0.325 e. The number of rotatable bonds is 4. The molecule has 0 bridgehead atoms. The van der Waals surface area contributed by atoms with Crippen LogP contribution in [-0.2, 0) is 9.59 Å². The Morgan fingerprint density at radius 1 is 1.35 bits per heavy atom. The van der Waals surface area contributed by atoms with Crippen LogP contribution in [0.15, 0.2) is 0 Å². The van der Waals surface area contributed by atoms with Crippen LogP contribution in [0, 0.1) is 11.8 Å². The maximum absolute atomic E-state index is 12.8. The van der Waals surface area contributed by atoms with Gasteiger partial charge in [-0.05, 0) is 44.4 Å². The molecular weight excluding hydrogens is 294 g/mol. The van der Waals surface area contributed by atoms with Gasteiger partial charge in [0.25, 0.3) is 5.91 Å². The summed E-state index contributed by atoms with van der Waals surface area (Å²) in [6, 6.07) is -0.240. The maximum atomic E-state index is 12.8. The number of nitrogens with zero attached hydrogens (tertiary/aromatic N) is 2. The molecule has 2 aliphatic carbocycles. The molecule has 1 aliphatic heterocycles. The van der Waals surface area contributed by atoms with Crippen molar-refractivity contribution in [1.29, 1.82) is 0 Å². The lowest BCUT2D eigenvalue weighted by atomic mass is 9.73. The molecule has 0 aromatic heterocycles. The standard InChI is InChI=1S/C17H27N3O3/c1-11-6-4-5-9-17(11)15(22)20(16(23)18-17)10-14(21)19(3)12(2)13-7-8-13/h11-13H,4-10H2,1-3H3,(H,18,23). The van der Waals surface area contributed by atoms with Gasteiger partial charge in [0.2, 0.25) is 5.91 Å². The highest BCUT2D eigenvalue weighted by molar-refractivity contribution is 6.09. The van der Waals surface area contributed by atoms with Gasteiger partial charge in [0.15, 0.2) is 0 Å². The third kappa shape index (κ3) is 2.72. The van der Waals surface area contributed by atoms with Gasteiger partial charge in [0, 0.05) is 13.1 Å². The first-order valence-corrected chi connectivity index (χ1v) is 8.76. The van der Waals surface area contributed by atoms with E-state index in [0.29, 0.717) is 12.3 Å². The highest BCUT2D eigenvalue weighted by Crippen LogP contribution is 2.38. The van der Waals surface area contributed by atoms with Crippen LogP contribution in [0.5, 0.6) is 0 Å². The van der Waals surface area contributed by atoms with Gasteiger partial charge in [0.1, 0.15) is 12.1 Å². The number of carbonyl (C=O) groups is 3. The summed E-state index contributed by atoms with van der Waals surface area (Å²) in [5, 5.41) is 2.89. The second kappa shape index (κ2) is 5.80. The number of nitrogens with one attached hydrogen (secondary N) is 1. The number of hydrogen-bond acceptors (Lipinski definition) is 3. The number of hydrogen-bond donors (Lipinski definition) is 1. The first-order valence-electron chi connectivity index (χ1n) is 8.76. The molecule has 0 aromatic rings. The molecule has 128 valence electrons. The van der Waals surface area contributed by atoms with Gasteiger partial charge in [-0.1, -0.05) is 19.8 Å². The maximum Gasteiger partial charge on any atom is 0.325 e. The quantitative estimate of drug-likeness (QED) is 0.802. The normalized spacial score (nSPS) is 32.1. The zero-order chi connectivity index (χ0) is 16.8. The van der Waals surface area contributed by atoms with Crippen LogP contribution in [0.25, 0.3) is 0 Å². The summed E-state index contributed by atoms with van der Waals surface area (Å²) in [7, 11) is 1.77. The van der Waals surface area contributed by atoms with Crippen molar-refractivity contribution >= 4 is 17.8 Å². The van der Waals surface area contributed by atoms with E-state index < -0.39 is 11.6 Å². The molecule has 3 fully saturated rings. The SMILES string of the molecule is CC(C1CC1)N(C)C(=O)CN1C(=O)NC2(CCCCC2C)C1=O. The van der Waals surface area contributed by atoms with E-state index in [0.717, 1.165) is 37.0 Å². The van der Waals surface area contributed by atoms with E-state index in [-0.39, 0.29) is 30.3 Å². The fourth-order valence-corrected chi connectivity index (χ4v) is 4.01. The van der Waals surface area contributed by atoms with Crippen molar-refractivity contribution in [3.63, 3.8) is 0 Å². The lowest BCUT2D eigenvalue weighted by Gasteiger charge is -2.36. The number of carbonyl (C=O) groups excluding carboxylic acids is 3. The van der Waals surface area contributed by atoms with E-state index in [1.54, 1.807) is 11.9 Å². The molecule has 3 rings (SSSR count). The molecule has 4 amide bonds. The predicted octanol–water partition coefficient (Wildman–Crippen LogP) is 1.74. The molecule has 1 saturated heterocycles. The van der Waals surface area contributed by atoms with Gasteiger partial charge in [0.05, 0.1) is 0 Å². The lowest BCUT2D eigenvalue weighted by molar-refractivity contribution is -0.141. The molecule has 6 heteroatoms. The Labute approximate surface area is 137 Å². The van der Waals surface area contributed by atoms with Crippen molar-refractivity contribution in [2.24, 2.45) is 11.8 Å². The van der Waals surface area contributed by atoms with Crippen LogP contribution in [0.4, 0.5) is 4.79 Å². The second-order valence-corrected chi connectivity index (χ2v) is 7.52. The van der Waals surface area contributed by atoms with Crippen molar-refractivity contribution in [3.8, 4) is 0 Å². The average molecular weight is 321 g/mol. The molecular formula is C17H27N3O3. The van der Waals surface area contributed by atoms with Crippen LogP contribution in [0.3, 0.4) is 0 Å². The monoisotopic (exact) mass is 321 g/mol. The fraction of sp³-hybridized carbons (Fsp3) is 0.824. The minimum absolute atomic E-state index is 0.121. The molecule has 0 radical (unpaired) electrons. The molecule has 6 nitrogen and oxygen atoms in total. The number of urea groups is 1. The Bertz CT molecular complexity index is 531. The largest absolute Gasteiger partial charge is 0.341 e. The summed E-state index contributed by atoms with van der Waals surface area (Å²) >= 11 is 0. The molecule has 3 atom stereocenters. The zero-order valence-electron chi connectivity index (χ0n) is 14.3. The number of amides is 4. The van der Waals surface area contributed by atoms with Crippen LogP contribution in [-0.4, -0.2) is 52.8 Å². The Hall–Kier alpha value is -1.59. The van der Waals surface area contributed by atoms with Crippen molar-refractivity contribution in [2.45, 2.75) is 64.0 Å². The van der Waals surface area contributed by atoms with Gasteiger partial charge >= 0.3 is 6.03 Å². The summed E-state index contributed by atoms with van der Waals surface area (Å²) in [5.41, 5.74) is -0.781. The van der Waals surface area contributed by atoms with Crippen molar-refractivity contribution < 1.29 is 14.4 Å². The van der Waals surface area contributed by atoms with Gasteiger partial charge in [-0.3, -0.25) is 14.5 Å². The van der Waals surface area contributed by atoms with Crippen molar-refractivity contribution in [1.82, 2.24) is 15.1 Å². The topological polar surface area (TPSA) is 69.7 Å². The number of imide groups is 1. The van der Waals surface area contributed by atoms with Crippen LogP contribution in [0.2, 0.25) is 0 Å². The van der Waals surface area contributed by atoms with E-state index in [1.807, 2.05) is 13.8 Å². The first kappa shape index (κ1) is 16.3. The molecule has 1 N–H and O–H groups in total. The zero-order valence-corrected chi connectivity index (χ0v) is 14.3. The fourth-order valence-electron chi connectivity index (χ4n) is 4.01. The summed E-state index contributed by atoms with van der Waals surface area (Å²) < 4.78 is 0. The van der Waals surface area contributed by atoms with E-state index in [2.05, 4.69) is 5.32 Å². The predicted molar refractivity (Wildman–Crippen MR) is 85.6 cm³/mol. The molecule has 3 unspecified atom stereocenters. The van der Waals surface area contributed by atoms with E-state index >= 15 is 0 Å². The van der Waals surface area contributed by atoms with E-state index in [9.17, 15) is 14.4 Å². The highest BCUT2D eigenvalue weighted by atomic mass is 16.2. The number of likely N-dealkylation sites (N-methyl/N-ethyl adjacent to an activating group) is 1. The third-order valence-electron chi connectivity index (χ3n) is 6.10. The highest BCUT2D eigenvalue weighted by Gasteiger charge is 2.55. The minimum atomic E-state index is -0.781. The lowest BCUT2D eigenvalue weighted by Crippen LogP contribution is -2.54. The van der Waals surface area contributed by atoms with Gasteiger partial charge in [-0.2, -0.15) is 0 Å². The molecule has 1 heterocycles. The Morgan fingerprint density at radius 2 is 2.04 bits per heavy atom. The van der Waals surface area contributed by atoms with Gasteiger partial charge in [-0.25, -0.2) is 4.79 Å². The Kier molecular flexibility index (Phi) is 4.10. The minimum Gasteiger partial charge on any atom is -0.341 e. The Balaban J connectivity index is 1.69. The summed E-state index contributed by atoms with van der Waals surface area (Å²) in [6.07, 6.45) is 5.96. The molecule has 2 saturated carbocycles. The molecule has 1 spiro atoms. The Morgan fingerprint density at radius 3 is 2.65 bits per heavy atom. The van der Waals surface area contributed by atoms with Crippen LogP contribution >= 0.6 is 0 Å². The molecule has 0 aromatic carbocycles.